The van der Waals surface area contributed by atoms with E-state index in [1.165, 1.54) is 0 Å². The second-order valence-corrected chi connectivity index (χ2v) is 5.39. The van der Waals surface area contributed by atoms with E-state index in [0.717, 1.165) is 10.6 Å². The van der Waals surface area contributed by atoms with Gasteiger partial charge in [0.15, 0.2) is 0 Å². The zero-order valence-corrected chi connectivity index (χ0v) is 12.6. The molecule has 0 radical (unpaired) electrons. The first-order chi connectivity index (χ1) is 9.61. The maximum atomic E-state index is 12.3. The minimum Gasteiger partial charge on any atom is -0.389 e. The Balaban J connectivity index is 2.24. The molecule has 0 unspecified atom stereocenters. The summed E-state index contributed by atoms with van der Waals surface area (Å²) in [5.41, 5.74) is 7.59. The number of thiocarbonyl (C=S) groups is 1. The first-order valence-corrected chi connectivity index (χ1v) is 7.59. The molecule has 2 aromatic carbocycles. The van der Waals surface area contributed by atoms with E-state index in [9.17, 15) is 4.79 Å². The Morgan fingerprint density at radius 1 is 1.15 bits per heavy atom. The molecular formula is C15H14N2OS2. The molecule has 20 heavy (non-hydrogen) atoms. The molecule has 5 heteroatoms. The van der Waals surface area contributed by atoms with Gasteiger partial charge in [-0.1, -0.05) is 36.5 Å². The van der Waals surface area contributed by atoms with Gasteiger partial charge in [-0.3, -0.25) is 4.79 Å². The minimum absolute atomic E-state index is 0.176. The van der Waals surface area contributed by atoms with Crippen LogP contribution in [0.3, 0.4) is 0 Å². The lowest BCUT2D eigenvalue weighted by Gasteiger charge is -2.09. The second-order valence-electron chi connectivity index (χ2n) is 4.10. The van der Waals surface area contributed by atoms with Crippen molar-refractivity contribution in [2.75, 3.05) is 11.6 Å². The molecular weight excluding hydrogens is 288 g/mol. The number of anilines is 1. The fourth-order valence-corrected chi connectivity index (χ4v) is 2.44. The molecule has 0 saturated carbocycles. The van der Waals surface area contributed by atoms with Gasteiger partial charge in [0.2, 0.25) is 0 Å². The van der Waals surface area contributed by atoms with Gasteiger partial charge >= 0.3 is 0 Å². The number of hydrogen-bond donors (Lipinski definition) is 2. The molecule has 0 bridgehead atoms. The topological polar surface area (TPSA) is 55.1 Å². The summed E-state index contributed by atoms with van der Waals surface area (Å²) in [6.07, 6.45) is 1.97. The third kappa shape index (κ3) is 3.37. The number of thioether (sulfide) groups is 1. The molecule has 2 rings (SSSR count). The summed E-state index contributed by atoms with van der Waals surface area (Å²) in [5.74, 6) is -0.176. The third-order valence-electron chi connectivity index (χ3n) is 2.76. The minimum atomic E-state index is -0.176. The SMILES string of the molecule is CSc1ccccc1NC(=O)c1cccc(C(N)=S)c1. The van der Waals surface area contributed by atoms with Gasteiger partial charge in [0.05, 0.1) is 5.69 Å². The molecule has 0 aliphatic carbocycles. The molecule has 102 valence electrons. The number of carbonyl (C=O) groups excluding carboxylic acids is 1. The van der Waals surface area contributed by atoms with Crippen LogP contribution in [0, 0.1) is 0 Å². The van der Waals surface area contributed by atoms with E-state index in [0.29, 0.717) is 11.1 Å². The van der Waals surface area contributed by atoms with Crippen molar-refractivity contribution in [1.82, 2.24) is 0 Å². The van der Waals surface area contributed by atoms with E-state index in [-0.39, 0.29) is 10.9 Å². The van der Waals surface area contributed by atoms with Gasteiger partial charge in [0, 0.05) is 16.0 Å². The van der Waals surface area contributed by atoms with Crippen LogP contribution in [0.4, 0.5) is 5.69 Å². The van der Waals surface area contributed by atoms with Crippen molar-refractivity contribution in [2.45, 2.75) is 4.90 Å². The largest absolute Gasteiger partial charge is 0.389 e. The van der Waals surface area contributed by atoms with Gasteiger partial charge in [-0.2, -0.15) is 0 Å². The highest BCUT2D eigenvalue weighted by Crippen LogP contribution is 2.25. The predicted octanol–water partition coefficient (Wildman–Crippen LogP) is 3.30. The Labute approximate surface area is 127 Å². The molecule has 0 spiro atoms. The van der Waals surface area contributed by atoms with Crippen molar-refractivity contribution in [2.24, 2.45) is 5.73 Å². The van der Waals surface area contributed by atoms with E-state index < -0.39 is 0 Å². The molecule has 0 heterocycles. The summed E-state index contributed by atoms with van der Waals surface area (Å²) >= 11 is 6.51. The number of amides is 1. The number of rotatable bonds is 4. The average molecular weight is 302 g/mol. The molecule has 3 N–H and O–H groups in total. The number of carbonyl (C=O) groups is 1. The van der Waals surface area contributed by atoms with Crippen molar-refractivity contribution in [3.05, 3.63) is 59.7 Å². The fourth-order valence-electron chi connectivity index (χ4n) is 1.76. The molecule has 2 aromatic rings. The maximum absolute atomic E-state index is 12.3. The normalized spacial score (nSPS) is 10.1. The van der Waals surface area contributed by atoms with Crippen LogP contribution in [0.5, 0.6) is 0 Å². The van der Waals surface area contributed by atoms with Crippen molar-refractivity contribution >= 4 is 40.6 Å². The summed E-state index contributed by atoms with van der Waals surface area (Å²) in [7, 11) is 0. The molecule has 3 nitrogen and oxygen atoms in total. The van der Waals surface area contributed by atoms with E-state index in [1.807, 2.05) is 30.5 Å². The van der Waals surface area contributed by atoms with E-state index >= 15 is 0 Å². The van der Waals surface area contributed by atoms with Crippen LogP contribution in [-0.4, -0.2) is 17.2 Å². The predicted molar refractivity (Wildman–Crippen MR) is 88.5 cm³/mol. The van der Waals surface area contributed by atoms with Crippen LogP contribution in [0.15, 0.2) is 53.4 Å². The van der Waals surface area contributed by atoms with Gasteiger partial charge in [-0.25, -0.2) is 0 Å². The lowest BCUT2D eigenvalue weighted by Crippen LogP contribution is -2.15. The Hall–Kier alpha value is -1.85. The number of hydrogen-bond acceptors (Lipinski definition) is 3. The summed E-state index contributed by atoms with van der Waals surface area (Å²) in [6, 6.07) is 14.7. The smallest absolute Gasteiger partial charge is 0.255 e. The number of nitrogens with one attached hydrogen (secondary N) is 1. The molecule has 0 saturated heterocycles. The van der Waals surface area contributed by atoms with Crippen molar-refractivity contribution < 1.29 is 4.79 Å². The Kier molecular flexibility index (Phi) is 4.76. The van der Waals surface area contributed by atoms with Crippen LogP contribution in [0.25, 0.3) is 0 Å². The zero-order chi connectivity index (χ0) is 14.5. The van der Waals surface area contributed by atoms with Crippen molar-refractivity contribution in [1.29, 1.82) is 0 Å². The second kappa shape index (κ2) is 6.54. The van der Waals surface area contributed by atoms with Gasteiger partial charge in [-0.15, -0.1) is 11.8 Å². The third-order valence-corrected chi connectivity index (χ3v) is 3.80. The van der Waals surface area contributed by atoms with Crippen molar-refractivity contribution in [3.8, 4) is 0 Å². The summed E-state index contributed by atoms with van der Waals surface area (Å²) < 4.78 is 0. The number of para-hydroxylation sites is 1. The highest BCUT2D eigenvalue weighted by Gasteiger charge is 2.09. The van der Waals surface area contributed by atoms with Crippen LogP contribution in [0.2, 0.25) is 0 Å². The van der Waals surface area contributed by atoms with E-state index in [1.54, 1.807) is 36.0 Å². The monoisotopic (exact) mass is 302 g/mol. The van der Waals surface area contributed by atoms with Crippen LogP contribution in [0.1, 0.15) is 15.9 Å². The molecule has 1 amide bonds. The van der Waals surface area contributed by atoms with Crippen LogP contribution >= 0.6 is 24.0 Å². The first kappa shape index (κ1) is 14.6. The number of benzene rings is 2. The number of nitrogens with two attached hydrogens (primary N) is 1. The molecule has 0 fully saturated rings. The molecule has 0 aromatic heterocycles. The maximum Gasteiger partial charge on any atom is 0.255 e. The van der Waals surface area contributed by atoms with Crippen molar-refractivity contribution in [3.63, 3.8) is 0 Å². The quantitative estimate of drug-likeness (QED) is 0.672. The Morgan fingerprint density at radius 3 is 2.55 bits per heavy atom. The molecule has 0 atom stereocenters. The first-order valence-electron chi connectivity index (χ1n) is 5.96. The fraction of sp³-hybridized carbons (Fsp3) is 0.0667. The lowest BCUT2D eigenvalue weighted by atomic mass is 10.1. The van der Waals surface area contributed by atoms with E-state index in [2.05, 4.69) is 5.32 Å². The highest BCUT2D eigenvalue weighted by molar-refractivity contribution is 7.98. The Morgan fingerprint density at radius 2 is 1.85 bits per heavy atom. The van der Waals surface area contributed by atoms with E-state index in [4.69, 9.17) is 18.0 Å². The van der Waals surface area contributed by atoms with Gasteiger partial charge in [-0.05, 0) is 30.5 Å². The van der Waals surface area contributed by atoms with Crippen LogP contribution in [-0.2, 0) is 0 Å². The van der Waals surface area contributed by atoms with Gasteiger partial charge in [0.25, 0.3) is 5.91 Å². The Bertz CT molecular complexity index is 656. The standard InChI is InChI=1S/C15H14N2OS2/c1-20-13-8-3-2-7-12(13)17-15(18)11-6-4-5-10(9-11)14(16)19/h2-9H,1H3,(H2,16,19)(H,17,18). The van der Waals surface area contributed by atoms with Gasteiger partial charge in [0.1, 0.15) is 4.99 Å². The summed E-state index contributed by atoms with van der Waals surface area (Å²) in [6.45, 7) is 0. The molecule has 0 aliphatic heterocycles. The lowest BCUT2D eigenvalue weighted by molar-refractivity contribution is 0.102. The zero-order valence-electron chi connectivity index (χ0n) is 10.9. The average Bonchev–Trinajstić information content (AvgIpc) is 2.48. The summed E-state index contributed by atoms with van der Waals surface area (Å²) in [4.78, 5) is 13.6. The summed E-state index contributed by atoms with van der Waals surface area (Å²) in [5, 5.41) is 2.90. The van der Waals surface area contributed by atoms with Gasteiger partial charge < -0.3 is 11.1 Å². The molecule has 0 aliphatic rings. The van der Waals surface area contributed by atoms with Crippen LogP contribution < -0.4 is 11.1 Å². The highest BCUT2D eigenvalue weighted by atomic mass is 32.2.